The summed E-state index contributed by atoms with van der Waals surface area (Å²) < 4.78 is 5.22. The van der Waals surface area contributed by atoms with E-state index in [1.165, 1.54) is 0 Å². The number of amides is 1. The average Bonchev–Trinajstić information content (AvgIpc) is 2.36. The molecule has 0 atom stereocenters. The molecular weight excluding hydrogens is 254 g/mol. The van der Waals surface area contributed by atoms with Gasteiger partial charge in [0.15, 0.2) is 6.61 Å². The van der Waals surface area contributed by atoms with Crippen molar-refractivity contribution in [3.8, 4) is 5.75 Å². The lowest BCUT2D eigenvalue weighted by molar-refractivity contribution is -0.132. The van der Waals surface area contributed by atoms with Crippen molar-refractivity contribution in [2.24, 2.45) is 0 Å². The molecule has 0 aliphatic carbocycles. The molecule has 0 fully saturated rings. The number of halogens is 1. The van der Waals surface area contributed by atoms with E-state index in [4.69, 9.17) is 21.2 Å². The quantitative estimate of drug-likeness (QED) is 0.490. The van der Waals surface area contributed by atoms with E-state index < -0.39 is 0 Å². The van der Waals surface area contributed by atoms with Gasteiger partial charge in [-0.25, -0.2) is 0 Å². The first-order valence-electron chi connectivity index (χ1n) is 5.25. The van der Waals surface area contributed by atoms with Crippen LogP contribution in [0.25, 0.3) is 0 Å². The smallest absolute Gasteiger partial charge is 0.290 e. The predicted molar refractivity (Wildman–Crippen MR) is 70.1 cm³/mol. The number of ether oxygens (including phenoxy) is 1. The van der Waals surface area contributed by atoms with Crippen LogP contribution < -0.4 is 10.2 Å². The number of benzene rings is 1. The molecular formula is C13H14ClNO3. The highest BCUT2D eigenvalue weighted by molar-refractivity contribution is 6.30. The molecule has 0 bridgehead atoms. The van der Waals surface area contributed by atoms with Crippen molar-refractivity contribution in [2.75, 3.05) is 6.61 Å². The lowest BCUT2D eigenvalue weighted by Gasteiger charge is -2.08. The molecule has 0 radical (unpaired) electrons. The highest BCUT2D eigenvalue weighted by Crippen LogP contribution is 2.15. The van der Waals surface area contributed by atoms with Crippen molar-refractivity contribution < 1.29 is 14.4 Å². The summed E-state index contributed by atoms with van der Waals surface area (Å²) in [6.45, 7) is 5.07. The number of rotatable bonds is 6. The van der Waals surface area contributed by atoms with E-state index in [1.54, 1.807) is 43.3 Å². The molecule has 18 heavy (non-hydrogen) atoms. The summed E-state index contributed by atoms with van der Waals surface area (Å²) in [6.07, 6.45) is 3.19. The second-order valence-corrected chi connectivity index (χ2v) is 3.82. The van der Waals surface area contributed by atoms with E-state index >= 15 is 0 Å². The zero-order valence-corrected chi connectivity index (χ0v) is 10.7. The highest BCUT2D eigenvalue weighted by Gasteiger charge is 2.03. The number of hydrogen-bond donors (Lipinski definition) is 1. The average molecular weight is 268 g/mol. The van der Waals surface area contributed by atoms with Crippen LogP contribution in [0, 0.1) is 0 Å². The molecule has 0 heterocycles. The monoisotopic (exact) mass is 267 g/mol. The first-order chi connectivity index (χ1) is 8.61. The van der Waals surface area contributed by atoms with Gasteiger partial charge in [0.1, 0.15) is 11.5 Å². The third kappa shape index (κ3) is 5.41. The van der Waals surface area contributed by atoms with Crippen LogP contribution in [0.5, 0.6) is 5.75 Å². The third-order valence-corrected chi connectivity index (χ3v) is 2.11. The van der Waals surface area contributed by atoms with Crippen molar-refractivity contribution in [1.29, 1.82) is 0 Å². The highest BCUT2D eigenvalue weighted by atomic mass is 35.5. The van der Waals surface area contributed by atoms with Crippen LogP contribution >= 0.6 is 11.6 Å². The number of carbonyl (C=O) groups is 1. The molecule has 1 rings (SSSR count). The Balaban J connectivity index is 2.31. The van der Waals surface area contributed by atoms with Gasteiger partial charge in [0.2, 0.25) is 0 Å². The van der Waals surface area contributed by atoms with E-state index in [-0.39, 0.29) is 12.5 Å². The zero-order chi connectivity index (χ0) is 13.4. The van der Waals surface area contributed by atoms with Crippen LogP contribution in [0.3, 0.4) is 0 Å². The SMILES string of the molecule is C=CC=C(C)ONC(=O)COc1ccc(Cl)cc1. The molecule has 4 nitrogen and oxygen atoms in total. The Morgan fingerprint density at radius 2 is 2.11 bits per heavy atom. The van der Waals surface area contributed by atoms with Gasteiger partial charge < -0.3 is 9.57 Å². The van der Waals surface area contributed by atoms with Crippen molar-refractivity contribution in [2.45, 2.75) is 6.92 Å². The fourth-order valence-corrected chi connectivity index (χ4v) is 1.17. The Hall–Kier alpha value is -1.94. The predicted octanol–water partition coefficient (Wildman–Crippen LogP) is 2.86. The summed E-state index contributed by atoms with van der Waals surface area (Å²) in [6, 6.07) is 6.73. The molecule has 0 aliphatic rings. The van der Waals surface area contributed by atoms with Gasteiger partial charge >= 0.3 is 0 Å². The fraction of sp³-hybridized carbons (Fsp3) is 0.154. The largest absolute Gasteiger partial charge is 0.484 e. The van der Waals surface area contributed by atoms with Gasteiger partial charge in [0.05, 0.1) is 0 Å². The van der Waals surface area contributed by atoms with Gasteiger partial charge in [-0.3, -0.25) is 4.79 Å². The van der Waals surface area contributed by atoms with Crippen LogP contribution in [-0.4, -0.2) is 12.5 Å². The van der Waals surface area contributed by atoms with Crippen molar-refractivity contribution >= 4 is 17.5 Å². The first-order valence-corrected chi connectivity index (χ1v) is 5.63. The van der Waals surface area contributed by atoms with E-state index in [1.807, 2.05) is 0 Å². The minimum Gasteiger partial charge on any atom is -0.484 e. The standard InChI is InChI=1S/C13H14ClNO3/c1-3-4-10(2)18-15-13(16)9-17-12-7-5-11(14)6-8-12/h3-8H,1,9H2,2H3,(H,15,16). The maximum absolute atomic E-state index is 11.4. The third-order valence-electron chi connectivity index (χ3n) is 1.86. The van der Waals surface area contributed by atoms with Gasteiger partial charge in [-0.15, -0.1) is 0 Å². The van der Waals surface area contributed by atoms with E-state index in [2.05, 4.69) is 12.1 Å². The summed E-state index contributed by atoms with van der Waals surface area (Å²) >= 11 is 5.72. The van der Waals surface area contributed by atoms with Crippen LogP contribution in [0.15, 0.2) is 48.8 Å². The maximum Gasteiger partial charge on any atom is 0.290 e. The lowest BCUT2D eigenvalue weighted by Crippen LogP contribution is -2.28. The van der Waals surface area contributed by atoms with Gasteiger partial charge in [-0.1, -0.05) is 24.3 Å². The molecule has 0 aromatic heterocycles. The first kappa shape index (κ1) is 14.1. The number of nitrogens with one attached hydrogen (secondary N) is 1. The van der Waals surface area contributed by atoms with E-state index in [0.717, 1.165) is 0 Å². The van der Waals surface area contributed by atoms with Crippen LogP contribution in [0.4, 0.5) is 0 Å². The fourth-order valence-electron chi connectivity index (χ4n) is 1.05. The second-order valence-electron chi connectivity index (χ2n) is 3.38. The molecule has 0 unspecified atom stereocenters. The minimum absolute atomic E-state index is 0.136. The van der Waals surface area contributed by atoms with Crippen molar-refractivity contribution in [3.63, 3.8) is 0 Å². The molecule has 96 valence electrons. The van der Waals surface area contributed by atoms with Crippen LogP contribution in [-0.2, 0) is 9.63 Å². The maximum atomic E-state index is 11.4. The Kier molecular flexibility index (Phi) is 5.80. The van der Waals surface area contributed by atoms with Gasteiger partial charge in [0, 0.05) is 5.02 Å². The summed E-state index contributed by atoms with van der Waals surface area (Å²) in [5.74, 6) is 0.708. The molecule has 0 saturated carbocycles. The molecule has 1 aromatic rings. The van der Waals surface area contributed by atoms with Gasteiger partial charge in [-0.2, -0.15) is 5.48 Å². The summed E-state index contributed by atoms with van der Waals surface area (Å²) in [5.41, 5.74) is 2.24. The summed E-state index contributed by atoms with van der Waals surface area (Å²) in [5, 5.41) is 0.611. The topological polar surface area (TPSA) is 47.6 Å². The van der Waals surface area contributed by atoms with Crippen molar-refractivity contribution in [1.82, 2.24) is 5.48 Å². The molecule has 1 aromatic carbocycles. The number of hydrogen-bond acceptors (Lipinski definition) is 3. The molecule has 0 saturated heterocycles. The Morgan fingerprint density at radius 1 is 1.44 bits per heavy atom. The Morgan fingerprint density at radius 3 is 2.72 bits per heavy atom. The summed E-state index contributed by atoms with van der Waals surface area (Å²) in [7, 11) is 0. The minimum atomic E-state index is -0.387. The van der Waals surface area contributed by atoms with Crippen molar-refractivity contribution in [3.05, 3.63) is 53.8 Å². The van der Waals surface area contributed by atoms with E-state index in [9.17, 15) is 4.79 Å². The molecule has 0 spiro atoms. The molecule has 0 aliphatic heterocycles. The number of hydroxylamine groups is 1. The molecule has 1 N–H and O–H groups in total. The van der Waals surface area contributed by atoms with E-state index in [0.29, 0.717) is 16.5 Å². The second kappa shape index (κ2) is 7.40. The van der Waals surface area contributed by atoms with Crippen LogP contribution in [0.2, 0.25) is 5.02 Å². The zero-order valence-electron chi connectivity index (χ0n) is 9.98. The Bertz CT molecular complexity index is 440. The summed E-state index contributed by atoms with van der Waals surface area (Å²) in [4.78, 5) is 16.3. The molecule has 5 heteroatoms. The number of allylic oxidation sites excluding steroid dienone is 3. The number of carbonyl (C=O) groups excluding carboxylic acids is 1. The van der Waals surface area contributed by atoms with Crippen LogP contribution in [0.1, 0.15) is 6.92 Å². The van der Waals surface area contributed by atoms with Gasteiger partial charge in [0.25, 0.3) is 5.91 Å². The molecule has 1 amide bonds. The van der Waals surface area contributed by atoms with Gasteiger partial charge in [-0.05, 0) is 37.3 Å². The normalized spacial score (nSPS) is 10.7. The Labute approximate surface area is 111 Å². The lowest BCUT2D eigenvalue weighted by atomic mass is 10.3.